The molecule has 0 aromatic heterocycles. The molecule has 1 unspecified atom stereocenters. The molecule has 0 aliphatic carbocycles. The molecule has 1 heterocycles. The Kier molecular flexibility index (Phi) is 5.64. The van der Waals surface area contributed by atoms with Crippen LogP contribution in [0.4, 0.5) is 17.6 Å². The van der Waals surface area contributed by atoms with Crippen LogP contribution in [0.3, 0.4) is 0 Å². The van der Waals surface area contributed by atoms with Gasteiger partial charge in [-0.25, -0.2) is 9.40 Å². The molecule has 4 nitrogen and oxygen atoms in total. The lowest BCUT2D eigenvalue weighted by molar-refractivity contribution is -0.137. The first-order valence-corrected chi connectivity index (χ1v) is 9.84. The topological polar surface area (TPSA) is 52.9 Å². The van der Waals surface area contributed by atoms with Crippen molar-refractivity contribution in [3.63, 3.8) is 0 Å². The summed E-state index contributed by atoms with van der Waals surface area (Å²) in [4.78, 5) is 13.2. The van der Waals surface area contributed by atoms with Gasteiger partial charge < -0.3 is 5.11 Å². The van der Waals surface area contributed by atoms with E-state index < -0.39 is 29.5 Å². The van der Waals surface area contributed by atoms with E-state index >= 15 is 0 Å². The monoisotopic (exact) mass is 462 g/mol. The molecule has 3 aromatic carbocycles. The number of benzene rings is 3. The molecule has 164 valence electrons. The van der Waals surface area contributed by atoms with Crippen LogP contribution in [0.25, 0.3) is 0 Å². The van der Waals surface area contributed by atoms with Gasteiger partial charge in [-0.1, -0.05) is 23.7 Å². The number of alkyl halides is 3. The molecule has 1 aliphatic heterocycles. The fourth-order valence-electron chi connectivity index (χ4n) is 3.48. The zero-order valence-electron chi connectivity index (χ0n) is 16.3. The third-order valence-electron chi connectivity index (χ3n) is 5.10. The number of aromatic hydroxyl groups is 1. The van der Waals surface area contributed by atoms with E-state index in [9.17, 15) is 27.5 Å². The highest BCUT2D eigenvalue weighted by Crippen LogP contribution is 2.37. The maximum atomic E-state index is 13.8. The SMILES string of the molecule is O=C(c1ccc(C(F)(F)F)cc1)N1N=C(c2cc(F)ccc2O)CC1c1ccc(Cl)cc1. The standard InChI is InChI=1S/C23H15ClF4N2O2/c24-16-7-3-13(4-8-16)20-12-19(18-11-17(25)9-10-21(18)31)29-30(20)22(32)14-1-5-15(6-2-14)23(26,27)28/h1-11,20,31H,12H2. The van der Waals surface area contributed by atoms with Gasteiger partial charge >= 0.3 is 6.18 Å². The number of rotatable bonds is 3. The van der Waals surface area contributed by atoms with Gasteiger partial charge in [-0.2, -0.15) is 18.3 Å². The third kappa shape index (κ3) is 4.31. The predicted octanol–water partition coefficient (Wildman–Crippen LogP) is 6.20. The van der Waals surface area contributed by atoms with Crippen molar-refractivity contribution in [3.8, 4) is 5.75 Å². The van der Waals surface area contributed by atoms with E-state index in [0.717, 1.165) is 41.4 Å². The van der Waals surface area contributed by atoms with Gasteiger partial charge in [0.15, 0.2) is 0 Å². The Balaban J connectivity index is 1.73. The number of phenols is 1. The Morgan fingerprint density at radius 3 is 2.31 bits per heavy atom. The van der Waals surface area contributed by atoms with Crippen molar-refractivity contribution in [3.05, 3.63) is 99.8 Å². The summed E-state index contributed by atoms with van der Waals surface area (Å²) in [6, 6.07) is 13.2. The van der Waals surface area contributed by atoms with Gasteiger partial charge in [-0.05, 0) is 60.2 Å². The van der Waals surface area contributed by atoms with Crippen molar-refractivity contribution in [2.75, 3.05) is 0 Å². The zero-order chi connectivity index (χ0) is 23.0. The lowest BCUT2D eigenvalue weighted by atomic mass is 9.97. The number of hydrazone groups is 1. The largest absolute Gasteiger partial charge is 0.507 e. The van der Waals surface area contributed by atoms with Crippen LogP contribution in [0.1, 0.15) is 39.5 Å². The van der Waals surface area contributed by atoms with Gasteiger partial charge in [-0.3, -0.25) is 4.79 Å². The number of carbonyl (C=O) groups excluding carboxylic acids is 1. The molecule has 0 bridgehead atoms. The minimum atomic E-state index is -4.53. The number of hydrogen-bond donors (Lipinski definition) is 1. The number of nitrogens with zero attached hydrogens (tertiary/aromatic N) is 2. The van der Waals surface area contributed by atoms with E-state index in [4.69, 9.17) is 11.6 Å². The molecule has 1 amide bonds. The number of halogens is 5. The Morgan fingerprint density at radius 1 is 1.03 bits per heavy atom. The highest BCUT2D eigenvalue weighted by Gasteiger charge is 2.35. The Labute approximate surface area is 185 Å². The molecule has 0 saturated carbocycles. The molecular formula is C23H15ClF4N2O2. The lowest BCUT2D eigenvalue weighted by Gasteiger charge is -2.22. The van der Waals surface area contributed by atoms with Gasteiger partial charge in [0.2, 0.25) is 0 Å². The van der Waals surface area contributed by atoms with Crippen molar-refractivity contribution in [2.45, 2.75) is 18.6 Å². The minimum Gasteiger partial charge on any atom is -0.507 e. The van der Waals surface area contributed by atoms with Crippen LogP contribution in [0, 0.1) is 5.82 Å². The number of carbonyl (C=O) groups is 1. The maximum Gasteiger partial charge on any atom is 0.416 e. The summed E-state index contributed by atoms with van der Waals surface area (Å²) in [5.41, 5.74) is 0.197. The van der Waals surface area contributed by atoms with Gasteiger partial charge in [0, 0.05) is 22.6 Å². The first-order chi connectivity index (χ1) is 15.1. The van der Waals surface area contributed by atoms with Gasteiger partial charge in [0.05, 0.1) is 17.3 Å². The van der Waals surface area contributed by atoms with Crippen molar-refractivity contribution < 1.29 is 27.5 Å². The van der Waals surface area contributed by atoms with Crippen LogP contribution in [0.2, 0.25) is 5.02 Å². The van der Waals surface area contributed by atoms with Crippen molar-refractivity contribution in [1.29, 1.82) is 0 Å². The molecule has 0 spiro atoms. The molecule has 1 N–H and O–H groups in total. The fourth-order valence-corrected chi connectivity index (χ4v) is 3.60. The van der Waals surface area contributed by atoms with Gasteiger partial charge in [-0.15, -0.1) is 0 Å². The first-order valence-electron chi connectivity index (χ1n) is 9.46. The van der Waals surface area contributed by atoms with Crippen LogP contribution in [-0.4, -0.2) is 21.7 Å². The van der Waals surface area contributed by atoms with E-state index in [1.54, 1.807) is 24.3 Å². The van der Waals surface area contributed by atoms with E-state index in [0.29, 0.717) is 10.6 Å². The van der Waals surface area contributed by atoms with Crippen LogP contribution >= 0.6 is 11.6 Å². The van der Waals surface area contributed by atoms with E-state index in [1.807, 2.05) is 0 Å². The first kappa shape index (κ1) is 21.8. The summed E-state index contributed by atoms with van der Waals surface area (Å²) in [7, 11) is 0. The maximum absolute atomic E-state index is 13.8. The fraction of sp³-hybridized carbons (Fsp3) is 0.130. The molecule has 9 heteroatoms. The van der Waals surface area contributed by atoms with Crippen molar-refractivity contribution in [1.82, 2.24) is 5.01 Å². The second-order valence-electron chi connectivity index (χ2n) is 7.20. The van der Waals surface area contributed by atoms with Crippen LogP contribution in [0.5, 0.6) is 5.75 Å². The third-order valence-corrected chi connectivity index (χ3v) is 5.35. The van der Waals surface area contributed by atoms with E-state index in [1.165, 1.54) is 6.07 Å². The quantitative estimate of drug-likeness (QED) is 0.471. The minimum absolute atomic E-state index is 0.00503. The van der Waals surface area contributed by atoms with E-state index in [2.05, 4.69) is 5.10 Å². The van der Waals surface area contributed by atoms with Crippen LogP contribution in [-0.2, 0) is 6.18 Å². The summed E-state index contributed by atoms with van der Waals surface area (Å²) >= 11 is 5.95. The predicted molar refractivity (Wildman–Crippen MR) is 111 cm³/mol. The molecule has 0 saturated heterocycles. The molecule has 4 rings (SSSR count). The van der Waals surface area contributed by atoms with Crippen LogP contribution in [0.15, 0.2) is 71.8 Å². The number of amides is 1. The number of hydrogen-bond acceptors (Lipinski definition) is 3. The second-order valence-corrected chi connectivity index (χ2v) is 7.64. The molecule has 3 aromatic rings. The molecule has 0 radical (unpaired) electrons. The number of phenolic OH excluding ortho intramolecular Hbond substituents is 1. The summed E-state index contributed by atoms with van der Waals surface area (Å²) in [6.45, 7) is 0. The molecule has 1 atom stereocenters. The summed E-state index contributed by atoms with van der Waals surface area (Å²) in [6.07, 6.45) is -4.37. The molecule has 1 aliphatic rings. The molecule has 0 fully saturated rings. The average Bonchev–Trinajstić information content (AvgIpc) is 3.20. The van der Waals surface area contributed by atoms with E-state index in [-0.39, 0.29) is 29.0 Å². The van der Waals surface area contributed by atoms with Crippen molar-refractivity contribution in [2.24, 2.45) is 5.10 Å². The summed E-state index contributed by atoms with van der Waals surface area (Å²) < 4.78 is 52.4. The molecular weight excluding hydrogens is 448 g/mol. The van der Waals surface area contributed by atoms with Crippen molar-refractivity contribution >= 4 is 23.2 Å². The zero-order valence-corrected chi connectivity index (χ0v) is 17.0. The average molecular weight is 463 g/mol. The second kappa shape index (κ2) is 8.27. The van der Waals surface area contributed by atoms with Crippen LogP contribution < -0.4 is 0 Å². The highest BCUT2D eigenvalue weighted by atomic mass is 35.5. The van der Waals surface area contributed by atoms with Gasteiger partial charge in [0.25, 0.3) is 5.91 Å². The normalized spacial score (nSPS) is 16.2. The Morgan fingerprint density at radius 2 is 1.69 bits per heavy atom. The summed E-state index contributed by atoms with van der Waals surface area (Å²) in [5.74, 6) is -1.43. The van der Waals surface area contributed by atoms with Gasteiger partial charge in [0.1, 0.15) is 11.6 Å². The Hall–Kier alpha value is -3.39. The smallest absolute Gasteiger partial charge is 0.416 e. The Bertz CT molecular complexity index is 1190. The molecule has 32 heavy (non-hydrogen) atoms. The lowest BCUT2D eigenvalue weighted by Crippen LogP contribution is -2.27. The summed E-state index contributed by atoms with van der Waals surface area (Å²) in [5, 5.41) is 16.1. The highest BCUT2D eigenvalue weighted by molar-refractivity contribution is 6.30.